The summed E-state index contributed by atoms with van der Waals surface area (Å²) < 4.78 is 234. The van der Waals surface area contributed by atoms with Crippen LogP contribution in [0.2, 0.25) is 0 Å². The fraction of sp³-hybridized carbons (Fsp3) is 0.211. The van der Waals surface area contributed by atoms with Gasteiger partial charge in [0.2, 0.25) is 0 Å². The van der Waals surface area contributed by atoms with Crippen molar-refractivity contribution in [3.05, 3.63) is 358 Å². The van der Waals surface area contributed by atoms with Crippen molar-refractivity contribution in [2.75, 3.05) is 27.5 Å². The zero-order valence-corrected chi connectivity index (χ0v) is 79.3. The highest BCUT2D eigenvalue weighted by Gasteiger charge is 2.35. The van der Waals surface area contributed by atoms with E-state index in [1.807, 2.05) is 71.0 Å². The monoisotopic (exact) mass is 2020 g/mol. The van der Waals surface area contributed by atoms with Crippen LogP contribution < -0.4 is 16.0 Å². The summed E-state index contributed by atoms with van der Waals surface area (Å²) in [4.78, 5) is 91.0. The molecule has 0 saturated heterocycles. The van der Waals surface area contributed by atoms with Crippen LogP contribution in [0.3, 0.4) is 0 Å². The van der Waals surface area contributed by atoms with E-state index in [1.54, 1.807) is 168 Å². The van der Waals surface area contributed by atoms with Crippen molar-refractivity contribution in [3.8, 4) is 50.8 Å². The molecule has 15 rings (SSSR count). The Bertz CT molecular complexity index is 6720. The number of rotatable bonds is 24. The number of carbonyl (C=O) groups is 3. The highest BCUT2D eigenvalue weighted by molar-refractivity contribution is 7.86. The van der Waals surface area contributed by atoms with E-state index in [4.69, 9.17) is 34.4 Å². The van der Waals surface area contributed by atoms with Crippen LogP contribution in [0.5, 0.6) is 0 Å². The van der Waals surface area contributed by atoms with Gasteiger partial charge in [-0.3, -0.25) is 38.4 Å². The van der Waals surface area contributed by atoms with E-state index >= 15 is 0 Å². The molecule has 0 aliphatic rings. The van der Waals surface area contributed by atoms with Crippen LogP contribution in [0, 0.1) is 41.5 Å². The van der Waals surface area contributed by atoms with Gasteiger partial charge in [-0.2, -0.15) is 56.3 Å². The molecule has 736 valence electrons. The summed E-state index contributed by atoms with van der Waals surface area (Å²) in [7, 11) is -13.6. The molecule has 0 saturated carbocycles. The van der Waals surface area contributed by atoms with Crippen molar-refractivity contribution in [1.82, 2.24) is 73.5 Å². The van der Waals surface area contributed by atoms with Crippen LogP contribution in [-0.4, -0.2) is 154 Å². The Labute approximate surface area is 805 Å². The Balaban J connectivity index is 0.000000211. The molecule has 33 nitrogen and oxygen atoms in total. The van der Waals surface area contributed by atoms with E-state index in [0.717, 1.165) is 116 Å². The Morgan fingerprint density at radius 3 is 0.830 bits per heavy atom. The third-order valence-corrected chi connectivity index (χ3v) is 21.5. The predicted octanol–water partition coefficient (Wildman–Crippen LogP) is 17.9. The molecule has 141 heavy (non-hydrogen) atoms. The number of anilines is 3. The molecule has 0 spiro atoms. The van der Waals surface area contributed by atoms with Gasteiger partial charge in [0, 0.05) is 161 Å². The lowest BCUT2D eigenvalue weighted by Crippen LogP contribution is -2.14. The summed E-state index contributed by atoms with van der Waals surface area (Å²) in [6, 6.07) is 42.2. The summed E-state index contributed by atoms with van der Waals surface area (Å²) >= 11 is 0. The number of alkyl halides is 9. The zero-order valence-electron chi connectivity index (χ0n) is 76.1. The Hall–Kier alpha value is -15.5. The second-order valence-electron chi connectivity index (χ2n) is 30.9. The molecule has 0 fully saturated rings. The number of hydrogen-bond acceptors (Lipinski definition) is 25. The van der Waals surface area contributed by atoms with E-state index in [2.05, 4.69) is 75.8 Å². The highest BCUT2D eigenvalue weighted by atomic mass is 32.2. The van der Waals surface area contributed by atoms with Crippen molar-refractivity contribution in [2.24, 2.45) is 0 Å². The summed E-state index contributed by atoms with van der Waals surface area (Å²) in [6.45, 7) is 14.7. The lowest BCUT2D eigenvalue weighted by molar-refractivity contribution is -0.138. The Morgan fingerprint density at radius 1 is 0.362 bits per heavy atom. The van der Waals surface area contributed by atoms with Gasteiger partial charge in [0.05, 0.1) is 81.3 Å². The van der Waals surface area contributed by atoms with Gasteiger partial charge in [-0.15, -0.1) is 25.3 Å². The van der Waals surface area contributed by atoms with Gasteiger partial charge < -0.3 is 29.7 Å². The van der Waals surface area contributed by atoms with Crippen LogP contribution in [0.15, 0.2) is 257 Å². The average molecular weight is 2020 g/mol. The van der Waals surface area contributed by atoms with Gasteiger partial charge in [-0.05, 0) is 233 Å². The standard InChI is InChI=1S/3C29H23F3N6O.2C4H10O3S.2O3S/c3*1-18-5-6-20(10-22(18)11-27-34-9-7-26(37-27)21-4-3-8-33-15-21)28(39)36-24-12-23(29(30,31)32)13-25(14-24)38-16-19(2)35-17-38;2*1-2-3-4-8(5,6)7;2*1-4(2)3/h3*3-10,12-17H,11H2,1-2H3,(H,36,39);2*2-4H2,1H3,(H,5,6,7);;. The zero-order chi connectivity index (χ0) is 103. The smallest absolute Gasteiger partial charge is 0.322 e. The number of amides is 3. The number of halogens is 9. The number of benzene rings is 6. The normalized spacial score (nSPS) is 11.1. The lowest BCUT2D eigenvalue weighted by atomic mass is 10.0. The van der Waals surface area contributed by atoms with Crippen molar-refractivity contribution in [3.63, 3.8) is 0 Å². The molecule has 9 aromatic heterocycles. The maximum Gasteiger partial charge on any atom is 0.425 e. The Kier molecular flexibility index (Phi) is 38.8. The number of aryl methyl sites for hydroxylation is 6. The molecule has 9 heterocycles. The lowest BCUT2D eigenvalue weighted by Gasteiger charge is -2.14. The minimum absolute atomic E-state index is 0.0193. The summed E-state index contributed by atoms with van der Waals surface area (Å²) in [5.41, 5.74) is 11.0. The third-order valence-electron chi connectivity index (χ3n) is 19.9. The maximum absolute atomic E-state index is 13.6. The number of carbonyl (C=O) groups excluding carboxylic acids is 3. The molecule has 5 N–H and O–H groups in total. The number of pyridine rings is 3. The first-order chi connectivity index (χ1) is 66.5. The second-order valence-corrected chi connectivity index (χ2v) is 34.8. The number of hydrogen-bond donors (Lipinski definition) is 5. The minimum atomic E-state index is -4.59. The molecule has 0 aliphatic heterocycles. The van der Waals surface area contributed by atoms with Crippen LogP contribution in [0.25, 0.3) is 50.8 Å². The molecule has 15 aromatic rings. The van der Waals surface area contributed by atoms with Crippen molar-refractivity contribution in [2.45, 2.75) is 119 Å². The molecule has 0 aliphatic carbocycles. The minimum Gasteiger partial charge on any atom is -0.322 e. The first-order valence-electron chi connectivity index (χ1n) is 42.1. The fourth-order valence-electron chi connectivity index (χ4n) is 12.9. The number of nitrogens with zero attached hydrogens (tertiary/aromatic N) is 15. The highest BCUT2D eigenvalue weighted by Crippen LogP contribution is 2.38. The van der Waals surface area contributed by atoms with Gasteiger partial charge in [-0.25, -0.2) is 44.9 Å². The molecule has 0 atom stereocenters. The van der Waals surface area contributed by atoms with Gasteiger partial charge >= 0.3 is 39.7 Å². The van der Waals surface area contributed by atoms with Gasteiger partial charge in [-0.1, -0.05) is 44.9 Å². The number of unbranched alkanes of at least 4 members (excludes halogenated alkanes) is 2. The van der Waals surface area contributed by atoms with Gasteiger partial charge in [0.15, 0.2) is 0 Å². The molecule has 46 heteroatoms. The fourth-order valence-corrected chi connectivity index (χ4v) is 14.2. The van der Waals surface area contributed by atoms with Crippen molar-refractivity contribution >= 4 is 76.2 Å². The van der Waals surface area contributed by atoms with E-state index in [0.29, 0.717) is 83.3 Å². The molecule has 6 aromatic carbocycles. The number of nitrogens with one attached hydrogen (secondary N) is 3. The van der Waals surface area contributed by atoms with E-state index in [9.17, 15) is 70.7 Å². The molecular weight excluding hydrogens is 1930 g/mol. The van der Waals surface area contributed by atoms with Crippen LogP contribution in [0.4, 0.5) is 56.6 Å². The molecule has 0 unspecified atom stereocenters. The quantitative estimate of drug-likeness (QED) is 0.0277. The summed E-state index contributed by atoms with van der Waals surface area (Å²) in [6.07, 6.45) is 14.3. The maximum atomic E-state index is 13.6. The first-order valence-corrected chi connectivity index (χ1v) is 47.3. The molecule has 0 bridgehead atoms. The predicted molar refractivity (Wildman–Crippen MR) is 504 cm³/mol. The van der Waals surface area contributed by atoms with E-state index in [-0.39, 0.29) is 45.6 Å². The van der Waals surface area contributed by atoms with Crippen molar-refractivity contribution in [1.29, 1.82) is 0 Å². The SMILES string of the molecule is CCCCS(=O)(=O)O.CCCCS(=O)(=O)O.Cc1cn(-c2cc(NC(=O)c3ccc(C)c(Cc4nccc(-c5cccnc5)n4)c3)cc(C(F)(F)F)c2)cn1.Cc1cn(-c2cc(NC(=O)c3ccc(C)c(Cc4nccc(-c5cccnc5)n4)c3)cc(C(F)(F)F)c2)cn1.Cc1cn(-c2cc(NC(=O)c3ccc(C)c(Cc4nccc(-c5cccnc5)n4)c3)cc(C(F)(F)F)c2)cn1.O=S(=O)=O.O=S(=O)=O. The topological polar surface area (TPSA) is 468 Å². The molecule has 3 amide bonds. The first kappa shape index (κ1) is 109. The molecular formula is C95H89F9N18O15S4. The Morgan fingerprint density at radius 2 is 0.624 bits per heavy atom. The second kappa shape index (κ2) is 50.2. The average Bonchev–Trinajstić information content (AvgIpc) is 1.80. The largest absolute Gasteiger partial charge is 0.425 e. The van der Waals surface area contributed by atoms with Crippen LogP contribution in [-0.2, 0) is 79.2 Å². The third kappa shape index (κ3) is 35.8. The van der Waals surface area contributed by atoms with Crippen LogP contribution >= 0.6 is 0 Å². The van der Waals surface area contributed by atoms with Gasteiger partial charge in [0.1, 0.15) is 17.5 Å². The van der Waals surface area contributed by atoms with Crippen LogP contribution in [0.1, 0.15) is 155 Å². The van der Waals surface area contributed by atoms with Gasteiger partial charge in [0.25, 0.3) is 38.0 Å². The van der Waals surface area contributed by atoms with E-state index in [1.165, 1.54) is 50.9 Å². The number of aromatic nitrogens is 15. The summed E-state index contributed by atoms with van der Waals surface area (Å²) in [5, 5.41) is 7.85. The summed E-state index contributed by atoms with van der Waals surface area (Å²) in [5.74, 6) is -0.122. The van der Waals surface area contributed by atoms with E-state index < -0.39 is 94.4 Å². The molecule has 0 radical (unpaired) electrons. The number of imidazole rings is 3. The van der Waals surface area contributed by atoms with Crippen molar-refractivity contribution < 1.29 is 105 Å².